The van der Waals surface area contributed by atoms with E-state index in [9.17, 15) is 14.2 Å². The fourth-order valence-corrected chi connectivity index (χ4v) is 5.23. The van der Waals surface area contributed by atoms with Crippen molar-refractivity contribution in [1.82, 2.24) is 0 Å². The molecule has 1 aliphatic rings. The Kier molecular flexibility index (Phi) is 9.25. The zero-order chi connectivity index (χ0) is 23.1. The Morgan fingerprint density at radius 1 is 1.10 bits per heavy atom. The smallest absolute Gasteiger partial charge is 0.305 e. The van der Waals surface area contributed by atoms with Crippen molar-refractivity contribution in [3.63, 3.8) is 0 Å². The molecule has 0 amide bonds. The molecule has 0 aliphatic carbocycles. The lowest BCUT2D eigenvalue weighted by atomic mass is 9.89. The molecule has 9 heteroatoms. The molecule has 174 valence electrons. The maximum absolute atomic E-state index is 12.7. The van der Waals surface area contributed by atoms with Gasteiger partial charge in [-0.3, -0.25) is 14.2 Å². The van der Waals surface area contributed by atoms with E-state index in [0.717, 1.165) is 5.56 Å². The first-order chi connectivity index (χ1) is 14.6. The van der Waals surface area contributed by atoms with Crippen LogP contribution in [0.25, 0.3) is 0 Å². The van der Waals surface area contributed by atoms with Crippen molar-refractivity contribution < 1.29 is 37.6 Å². The van der Waals surface area contributed by atoms with Crippen molar-refractivity contribution in [3.8, 4) is 0 Å². The molecule has 2 unspecified atom stereocenters. The molecule has 2 rings (SSSR count). The van der Waals surface area contributed by atoms with Crippen LogP contribution in [0.3, 0.4) is 0 Å². The second-order valence-electron chi connectivity index (χ2n) is 7.71. The Balaban J connectivity index is 2.34. The fraction of sp³-hybridized carbons (Fsp3) is 0.636. The molecule has 1 fully saturated rings. The molecule has 1 saturated heterocycles. The summed E-state index contributed by atoms with van der Waals surface area (Å²) in [5.41, 5.74) is -0.0434. The van der Waals surface area contributed by atoms with Gasteiger partial charge in [0.1, 0.15) is 11.7 Å². The Labute approximate surface area is 184 Å². The van der Waals surface area contributed by atoms with Crippen molar-refractivity contribution in [1.29, 1.82) is 0 Å². The van der Waals surface area contributed by atoms with Gasteiger partial charge < -0.3 is 23.5 Å². The number of hydrogen-bond donors (Lipinski definition) is 0. The molecule has 0 saturated carbocycles. The van der Waals surface area contributed by atoms with E-state index < -0.39 is 43.4 Å². The second kappa shape index (κ2) is 11.2. The predicted molar refractivity (Wildman–Crippen MR) is 115 cm³/mol. The topological polar surface area (TPSA) is 97.4 Å². The van der Waals surface area contributed by atoms with Crippen LogP contribution < -0.4 is 0 Å². The lowest BCUT2D eigenvalue weighted by Crippen LogP contribution is -2.46. The van der Waals surface area contributed by atoms with Gasteiger partial charge >= 0.3 is 11.9 Å². The summed E-state index contributed by atoms with van der Waals surface area (Å²) in [6.07, 6.45) is -1.76. The van der Waals surface area contributed by atoms with Gasteiger partial charge in [0.25, 0.3) is 0 Å². The van der Waals surface area contributed by atoms with Crippen LogP contribution in [-0.2, 0) is 44.2 Å². The molecule has 0 spiro atoms. The molecular formula is C22H33O8P. The van der Waals surface area contributed by atoms with Crippen LogP contribution >= 0.6 is 7.37 Å². The van der Waals surface area contributed by atoms with Crippen LogP contribution in [0.2, 0.25) is 0 Å². The van der Waals surface area contributed by atoms with Crippen LogP contribution in [0.5, 0.6) is 0 Å². The molecule has 1 aliphatic heterocycles. The molecule has 1 aromatic rings. The summed E-state index contributed by atoms with van der Waals surface area (Å²) in [4.78, 5) is 23.5. The van der Waals surface area contributed by atoms with Crippen LogP contribution in [-0.4, -0.2) is 55.5 Å². The summed E-state index contributed by atoms with van der Waals surface area (Å²) in [5.74, 6) is -1.10. The van der Waals surface area contributed by atoms with Crippen molar-refractivity contribution >= 4 is 19.3 Å². The van der Waals surface area contributed by atoms with Crippen LogP contribution in [0.1, 0.15) is 46.1 Å². The third-order valence-corrected chi connectivity index (χ3v) is 7.07. The molecular weight excluding hydrogens is 423 g/mol. The predicted octanol–water partition coefficient (Wildman–Crippen LogP) is 3.91. The third-order valence-electron chi connectivity index (χ3n) is 5.23. The Morgan fingerprint density at radius 2 is 1.74 bits per heavy atom. The average Bonchev–Trinajstić information content (AvgIpc) is 2.97. The largest absolute Gasteiger partial charge is 0.453 e. The van der Waals surface area contributed by atoms with E-state index in [4.69, 9.17) is 23.5 Å². The first-order valence-electron chi connectivity index (χ1n) is 10.5. The number of rotatable bonds is 11. The maximum Gasteiger partial charge on any atom is 0.305 e. The quantitative estimate of drug-likeness (QED) is 0.365. The van der Waals surface area contributed by atoms with Gasteiger partial charge in [0.05, 0.1) is 13.2 Å². The van der Waals surface area contributed by atoms with E-state index in [2.05, 4.69) is 0 Å². The van der Waals surface area contributed by atoms with Gasteiger partial charge in [-0.05, 0) is 25.3 Å². The highest BCUT2D eigenvalue weighted by molar-refractivity contribution is 7.58. The van der Waals surface area contributed by atoms with Crippen molar-refractivity contribution in [3.05, 3.63) is 35.9 Å². The fourth-order valence-electron chi connectivity index (χ4n) is 3.77. The summed E-state index contributed by atoms with van der Waals surface area (Å²) in [5, 5.41) is 0. The molecule has 1 aromatic carbocycles. The zero-order valence-electron chi connectivity index (χ0n) is 18.9. The summed E-state index contributed by atoms with van der Waals surface area (Å²) in [6, 6.07) is 9.55. The normalized spacial score (nSPS) is 27.5. The van der Waals surface area contributed by atoms with E-state index in [1.165, 1.54) is 13.8 Å². The lowest BCUT2D eigenvalue weighted by Gasteiger charge is -2.34. The molecule has 31 heavy (non-hydrogen) atoms. The molecule has 0 radical (unpaired) electrons. The first-order valence-corrected chi connectivity index (χ1v) is 12.8. The van der Waals surface area contributed by atoms with Gasteiger partial charge in [-0.15, -0.1) is 0 Å². The minimum absolute atomic E-state index is 0.246. The van der Waals surface area contributed by atoms with E-state index in [1.54, 1.807) is 13.6 Å². The summed E-state index contributed by atoms with van der Waals surface area (Å²) in [6.45, 7) is 8.40. The maximum atomic E-state index is 12.7. The van der Waals surface area contributed by atoms with E-state index in [-0.39, 0.29) is 12.8 Å². The van der Waals surface area contributed by atoms with Gasteiger partial charge in [0, 0.05) is 26.7 Å². The summed E-state index contributed by atoms with van der Waals surface area (Å²) >= 11 is 0. The molecule has 5 atom stereocenters. The molecule has 0 aromatic heterocycles. The monoisotopic (exact) mass is 456 g/mol. The standard InChI is InChI=1S/C22H33O8P/c1-6-22(13-14-31(5,25)27-7-2)20(26-15-18-11-9-8-10-12-18)19(28-16(3)23)21(30-22)29-17(4)24/h8-12,19-21H,6-7,13-15H2,1-5H3/t19?,20-,21-,22+,31?/m1/s1. The second-order valence-corrected chi connectivity index (χ2v) is 10.4. The number of esters is 2. The average molecular weight is 456 g/mol. The zero-order valence-corrected chi connectivity index (χ0v) is 19.8. The van der Waals surface area contributed by atoms with Gasteiger partial charge in [-0.1, -0.05) is 37.3 Å². The number of ether oxygens (including phenoxy) is 4. The number of carbonyl (C=O) groups is 2. The van der Waals surface area contributed by atoms with E-state index in [0.29, 0.717) is 19.4 Å². The highest BCUT2D eigenvalue weighted by Crippen LogP contribution is 2.48. The Morgan fingerprint density at radius 3 is 2.29 bits per heavy atom. The van der Waals surface area contributed by atoms with Gasteiger partial charge in [-0.25, -0.2) is 0 Å². The Hall–Kier alpha value is -1.73. The highest BCUT2D eigenvalue weighted by Gasteiger charge is 2.58. The van der Waals surface area contributed by atoms with Gasteiger partial charge in [-0.2, -0.15) is 0 Å². The van der Waals surface area contributed by atoms with Gasteiger partial charge in [0.15, 0.2) is 13.5 Å². The lowest BCUT2D eigenvalue weighted by molar-refractivity contribution is -0.205. The molecule has 1 heterocycles. The Bertz CT molecular complexity index is 783. The number of carbonyl (C=O) groups excluding carboxylic acids is 2. The first kappa shape index (κ1) is 25.5. The SMILES string of the molecule is CCOP(C)(=O)CC[C@]1(CC)O[C@@H](OC(C)=O)C(OC(C)=O)[C@H]1OCc1ccccc1. The minimum Gasteiger partial charge on any atom is -0.453 e. The summed E-state index contributed by atoms with van der Waals surface area (Å²) < 4.78 is 41.4. The van der Waals surface area contributed by atoms with Crippen LogP contribution in [0.15, 0.2) is 30.3 Å². The highest BCUT2D eigenvalue weighted by atomic mass is 31.2. The molecule has 8 nitrogen and oxygen atoms in total. The number of benzene rings is 1. The van der Waals surface area contributed by atoms with Crippen molar-refractivity contribution in [2.45, 2.75) is 71.2 Å². The van der Waals surface area contributed by atoms with Crippen LogP contribution in [0.4, 0.5) is 0 Å². The van der Waals surface area contributed by atoms with Gasteiger partial charge in [0.2, 0.25) is 6.29 Å². The molecule has 0 bridgehead atoms. The van der Waals surface area contributed by atoms with Crippen LogP contribution in [0, 0.1) is 0 Å². The minimum atomic E-state index is -2.85. The number of hydrogen-bond acceptors (Lipinski definition) is 8. The van der Waals surface area contributed by atoms with E-state index in [1.807, 2.05) is 37.3 Å². The third kappa shape index (κ3) is 7.14. The molecule has 0 N–H and O–H groups in total. The van der Waals surface area contributed by atoms with Crippen molar-refractivity contribution in [2.24, 2.45) is 0 Å². The summed E-state index contributed by atoms with van der Waals surface area (Å²) in [7, 11) is -2.85. The van der Waals surface area contributed by atoms with Crippen molar-refractivity contribution in [2.75, 3.05) is 19.4 Å². The van der Waals surface area contributed by atoms with E-state index >= 15 is 0 Å².